The van der Waals surface area contributed by atoms with Crippen molar-refractivity contribution in [2.45, 2.75) is 32.2 Å². The van der Waals surface area contributed by atoms with E-state index in [2.05, 4.69) is 5.32 Å². The summed E-state index contributed by atoms with van der Waals surface area (Å²) in [4.78, 5) is 48.3. The maximum absolute atomic E-state index is 12.3. The summed E-state index contributed by atoms with van der Waals surface area (Å²) >= 11 is 0. The SMILES string of the molecule is CC(=O)C(Cc1ccccc1)NC(=O)COC(=O)CCC(=O)c1ccc2c(c1)OCCO2. The van der Waals surface area contributed by atoms with Crippen LogP contribution in [-0.2, 0) is 25.5 Å². The third-order valence-corrected chi connectivity index (χ3v) is 4.89. The van der Waals surface area contributed by atoms with Crippen molar-refractivity contribution in [2.24, 2.45) is 0 Å². The summed E-state index contributed by atoms with van der Waals surface area (Å²) in [6.45, 7) is 1.74. The van der Waals surface area contributed by atoms with Crippen molar-refractivity contribution in [1.82, 2.24) is 5.32 Å². The number of rotatable bonds is 10. The van der Waals surface area contributed by atoms with Crippen LogP contribution < -0.4 is 14.8 Å². The smallest absolute Gasteiger partial charge is 0.306 e. The van der Waals surface area contributed by atoms with Crippen molar-refractivity contribution in [1.29, 1.82) is 0 Å². The van der Waals surface area contributed by atoms with Crippen LogP contribution in [-0.4, -0.2) is 49.3 Å². The normalized spacial score (nSPS) is 13.0. The molecule has 1 unspecified atom stereocenters. The van der Waals surface area contributed by atoms with Gasteiger partial charge in [0, 0.05) is 12.0 Å². The number of ketones is 2. The Labute approximate surface area is 185 Å². The first-order chi connectivity index (χ1) is 15.4. The molecule has 1 amide bonds. The predicted octanol–water partition coefficient (Wildman–Crippen LogP) is 2.28. The van der Waals surface area contributed by atoms with Crippen LogP contribution in [0.15, 0.2) is 48.5 Å². The summed E-state index contributed by atoms with van der Waals surface area (Å²) in [5.74, 6) is -0.617. The van der Waals surface area contributed by atoms with Gasteiger partial charge in [-0.2, -0.15) is 0 Å². The van der Waals surface area contributed by atoms with E-state index in [0.29, 0.717) is 36.7 Å². The van der Waals surface area contributed by atoms with Crippen molar-refractivity contribution in [3.05, 3.63) is 59.7 Å². The fraction of sp³-hybridized carbons (Fsp3) is 0.333. The van der Waals surface area contributed by atoms with Gasteiger partial charge in [-0.1, -0.05) is 30.3 Å². The van der Waals surface area contributed by atoms with Gasteiger partial charge in [0.05, 0.1) is 12.5 Å². The number of hydrogen-bond donors (Lipinski definition) is 1. The highest BCUT2D eigenvalue weighted by Gasteiger charge is 2.19. The van der Waals surface area contributed by atoms with E-state index in [4.69, 9.17) is 14.2 Å². The number of fused-ring (bicyclic) bond motifs is 1. The van der Waals surface area contributed by atoms with E-state index in [0.717, 1.165) is 5.56 Å². The summed E-state index contributed by atoms with van der Waals surface area (Å²) in [5, 5.41) is 2.58. The average molecular weight is 439 g/mol. The summed E-state index contributed by atoms with van der Waals surface area (Å²) in [6.07, 6.45) is 0.116. The average Bonchev–Trinajstić information content (AvgIpc) is 2.81. The van der Waals surface area contributed by atoms with Crippen molar-refractivity contribution >= 4 is 23.4 Å². The zero-order valence-corrected chi connectivity index (χ0v) is 17.8. The van der Waals surface area contributed by atoms with Gasteiger partial charge < -0.3 is 19.5 Å². The maximum Gasteiger partial charge on any atom is 0.306 e. The van der Waals surface area contributed by atoms with Crippen molar-refractivity contribution < 1.29 is 33.4 Å². The standard InChI is InChI=1S/C24H25NO7/c1-16(26)19(13-17-5-3-2-4-6-17)25-23(28)15-32-24(29)10-8-20(27)18-7-9-21-22(14-18)31-12-11-30-21/h2-7,9,14,19H,8,10-13,15H2,1H3,(H,25,28). The second kappa shape index (κ2) is 11.1. The van der Waals surface area contributed by atoms with Crippen LogP contribution >= 0.6 is 0 Å². The van der Waals surface area contributed by atoms with Gasteiger partial charge in [0.25, 0.3) is 5.91 Å². The molecule has 2 aromatic rings. The zero-order valence-electron chi connectivity index (χ0n) is 17.8. The Kier molecular flexibility index (Phi) is 7.96. The molecule has 0 aliphatic carbocycles. The molecule has 1 aliphatic heterocycles. The molecule has 32 heavy (non-hydrogen) atoms. The van der Waals surface area contributed by atoms with Crippen LogP contribution in [0.2, 0.25) is 0 Å². The molecule has 0 radical (unpaired) electrons. The fourth-order valence-electron chi connectivity index (χ4n) is 3.18. The third kappa shape index (κ3) is 6.66. The number of carbonyl (C=O) groups is 4. The number of hydrogen-bond acceptors (Lipinski definition) is 7. The molecule has 1 heterocycles. The molecular weight excluding hydrogens is 414 g/mol. The molecule has 1 aliphatic rings. The molecule has 8 nitrogen and oxygen atoms in total. The Balaban J connectivity index is 1.42. The monoisotopic (exact) mass is 439 g/mol. The summed E-state index contributed by atoms with van der Waals surface area (Å²) < 4.78 is 15.8. The van der Waals surface area contributed by atoms with E-state index in [9.17, 15) is 19.2 Å². The highest BCUT2D eigenvalue weighted by atomic mass is 16.6. The highest BCUT2D eigenvalue weighted by Crippen LogP contribution is 2.31. The first-order valence-corrected chi connectivity index (χ1v) is 10.3. The topological polar surface area (TPSA) is 108 Å². The number of benzene rings is 2. The van der Waals surface area contributed by atoms with Crippen LogP contribution in [0.25, 0.3) is 0 Å². The first kappa shape index (κ1) is 23.0. The summed E-state index contributed by atoms with van der Waals surface area (Å²) in [7, 11) is 0. The Bertz CT molecular complexity index is 987. The van der Waals surface area contributed by atoms with Gasteiger partial charge >= 0.3 is 5.97 Å². The number of amides is 1. The Morgan fingerprint density at radius 3 is 2.41 bits per heavy atom. The number of Topliss-reactive ketones (excluding diaryl/α,β-unsaturated/α-hetero) is 2. The lowest BCUT2D eigenvalue weighted by Gasteiger charge is -2.18. The lowest BCUT2D eigenvalue weighted by atomic mass is 10.0. The molecule has 1 atom stereocenters. The van der Waals surface area contributed by atoms with Gasteiger partial charge in [-0.3, -0.25) is 19.2 Å². The molecule has 1 N–H and O–H groups in total. The zero-order chi connectivity index (χ0) is 22.9. The van der Waals surface area contributed by atoms with Crippen LogP contribution in [0.4, 0.5) is 0 Å². The minimum Gasteiger partial charge on any atom is -0.486 e. The fourth-order valence-corrected chi connectivity index (χ4v) is 3.18. The summed E-state index contributed by atoms with van der Waals surface area (Å²) in [5.41, 5.74) is 1.31. The van der Waals surface area contributed by atoms with E-state index in [1.807, 2.05) is 30.3 Å². The molecule has 0 spiro atoms. The molecule has 8 heteroatoms. The Morgan fingerprint density at radius 2 is 1.69 bits per heavy atom. The molecular formula is C24H25NO7. The number of nitrogens with one attached hydrogen (secondary N) is 1. The van der Waals surface area contributed by atoms with Crippen molar-refractivity contribution in [3.8, 4) is 11.5 Å². The largest absolute Gasteiger partial charge is 0.486 e. The molecule has 2 aromatic carbocycles. The predicted molar refractivity (Wildman–Crippen MR) is 115 cm³/mol. The van der Waals surface area contributed by atoms with Crippen molar-refractivity contribution in [2.75, 3.05) is 19.8 Å². The lowest BCUT2D eigenvalue weighted by molar-refractivity contribution is -0.148. The van der Waals surface area contributed by atoms with Gasteiger partial charge in [0.2, 0.25) is 0 Å². The molecule has 3 rings (SSSR count). The Morgan fingerprint density at radius 1 is 0.969 bits per heavy atom. The van der Waals surface area contributed by atoms with Crippen molar-refractivity contribution in [3.63, 3.8) is 0 Å². The maximum atomic E-state index is 12.3. The quantitative estimate of drug-likeness (QED) is 0.447. The molecule has 0 fully saturated rings. The Hall–Kier alpha value is -3.68. The van der Waals surface area contributed by atoms with E-state index in [1.165, 1.54) is 6.92 Å². The second-order valence-corrected chi connectivity index (χ2v) is 7.36. The van der Waals surface area contributed by atoms with Crippen LogP contribution in [0.5, 0.6) is 11.5 Å². The van der Waals surface area contributed by atoms with Crippen LogP contribution in [0.3, 0.4) is 0 Å². The first-order valence-electron chi connectivity index (χ1n) is 10.3. The van der Waals surface area contributed by atoms with Gasteiger partial charge in [-0.15, -0.1) is 0 Å². The van der Waals surface area contributed by atoms with E-state index in [-0.39, 0.29) is 24.4 Å². The van der Waals surface area contributed by atoms with E-state index >= 15 is 0 Å². The van der Waals surface area contributed by atoms with E-state index < -0.39 is 24.5 Å². The van der Waals surface area contributed by atoms with Gasteiger partial charge in [0.15, 0.2) is 29.7 Å². The molecule has 0 saturated carbocycles. The van der Waals surface area contributed by atoms with Gasteiger partial charge in [-0.25, -0.2) is 0 Å². The van der Waals surface area contributed by atoms with Crippen LogP contribution in [0, 0.1) is 0 Å². The highest BCUT2D eigenvalue weighted by molar-refractivity contribution is 5.98. The molecule has 168 valence electrons. The number of esters is 1. The molecule has 0 saturated heterocycles. The summed E-state index contributed by atoms with van der Waals surface area (Å²) in [6, 6.07) is 13.4. The van der Waals surface area contributed by atoms with Gasteiger partial charge in [0.1, 0.15) is 13.2 Å². The number of carbonyl (C=O) groups excluding carboxylic acids is 4. The third-order valence-electron chi connectivity index (χ3n) is 4.89. The van der Waals surface area contributed by atoms with E-state index in [1.54, 1.807) is 18.2 Å². The number of ether oxygens (including phenoxy) is 3. The second-order valence-electron chi connectivity index (χ2n) is 7.36. The van der Waals surface area contributed by atoms with Crippen LogP contribution in [0.1, 0.15) is 35.7 Å². The van der Waals surface area contributed by atoms with Gasteiger partial charge in [-0.05, 0) is 37.1 Å². The molecule has 0 aromatic heterocycles. The minimum absolute atomic E-state index is 0.0653. The minimum atomic E-state index is -0.708. The molecule has 0 bridgehead atoms. The lowest BCUT2D eigenvalue weighted by Crippen LogP contribution is -2.43.